The summed E-state index contributed by atoms with van der Waals surface area (Å²) in [5, 5.41) is 0. The highest BCUT2D eigenvalue weighted by molar-refractivity contribution is 9.11. The standard InChI is InChI=1S/C17H22Br2S2/c1-3-5-6-7-9-13-11-15(19)21-17(13)16-12(8-4-2)10-14(18)20-16/h10-11H,3-9H2,1-2H3. The molecule has 2 aromatic rings. The van der Waals surface area contributed by atoms with E-state index in [9.17, 15) is 0 Å². The Morgan fingerprint density at radius 3 is 1.86 bits per heavy atom. The predicted octanol–water partition coefficient (Wildman–Crippen LogP) is 8.08. The molecule has 2 rings (SSSR count). The molecule has 0 N–H and O–H groups in total. The molecule has 2 aromatic heterocycles. The Hall–Kier alpha value is 0.360. The first-order valence-electron chi connectivity index (χ1n) is 7.72. The fourth-order valence-electron chi connectivity index (χ4n) is 2.56. The minimum absolute atomic E-state index is 1.17. The summed E-state index contributed by atoms with van der Waals surface area (Å²) in [4.78, 5) is 2.96. The van der Waals surface area contributed by atoms with Crippen LogP contribution >= 0.6 is 54.5 Å². The van der Waals surface area contributed by atoms with Gasteiger partial charge in [-0.2, -0.15) is 0 Å². The second kappa shape index (κ2) is 8.85. The van der Waals surface area contributed by atoms with Crippen molar-refractivity contribution in [2.75, 3.05) is 0 Å². The molecule has 0 spiro atoms. The average molecular weight is 450 g/mol. The summed E-state index contributed by atoms with van der Waals surface area (Å²) in [6.07, 6.45) is 8.89. The van der Waals surface area contributed by atoms with Crippen molar-refractivity contribution in [1.29, 1.82) is 0 Å². The van der Waals surface area contributed by atoms with Crippen molar-refractivity contribution >= 4 is 54.5 Å². The maximum Gasteiger partial charge on any atom is 0.0708 e. The van der Waals surface area contributed by atoms with E-state index in [0.29, 0.717) is 0 Å². The third-order valence-electron chi connectivity index (χ3n) is 3.58. The van der Waals surface area contributed by atoms with Crippen LogP contribution in [0.5, 0.6) is 0 Å². The number of hydrogen-bond acceptors (Lipinski definition) is 2. The summed E-state index contributed by atoms with van der Waals surface area (Å²) in [7, 11) is 0. The van der Waals surface area contributed by atoms with Gasteiger partial charge >= 0.3 is 0 Å². The van der Waals surface area contributed by atoms with Gasteiger partial charge in [0.1, 0.15) is 0 Å². The van der Waals surface area contributed by atoms with Crippen molar-refractivity contribution in [1.82, 2.24) is 0 Å². The Labute approximate surface area is 153 Å². The van der Waals surface area contributed by atoms with Gasteiger partial charge < -0.3 is 0 Å². The highest BCUT2D eigenvalue weighted by Crippen LogP contribution is 2.43. The van der Waals surface area contributed by atoms with E-state index in [1.54, 1.807) is 0 Å². The normalized spacial score (nSPS) is 11.2. The highest BCUT2D eigenvalue weighted by atomic mass is 79.9. The molecule has 2 heterocycles. The average Bonchev–Trinajstić information content (AvgIpc) is 2.98. The lowest BCUT2D eigenvalue weighted by Gasteiger charge is -2.05. The molecule has 0 nitrogen and oxygen atoms in total. The van der Waals surface area contributed by atoms with Crippen LogP contribution in [-0.2, 0) is 12.8 Å². The first-order chi connectivity index (χ1) is 10.2. The molecule has 0 atom stereocenters. The van der Waals surface area contributed by atoms with Crippen LogP contribution in [0.3, 0.4) is 0 Å². The molecule has 0 saturated carbocycles. The van der Waals surface area contributed by atoms with E-state index in [2.05, 4.69) is 57.8 Å². The lowest BCUT2D eigenvalue weighted by molar-refractivity contribution is 0.668. The van der Waals surface area contributed by atoms with Gasteiger partial charge in [0.25, 0.3) is 0 Å². The van der Waals surface area contributed by atoms with Crippen molar-refractivity contribution < 1.29 is 0 Å². The van der Waals surface area contributed by atoms with Gasteiger partial charge in [-0.1, -0.05) is 39.5 Å². The van der Waals surface area contributed by atoms with Crippen molar-refractivity contribution in [2.24, 2.45) is 0 Å². The predicted molar refractivity (Wildman–Crippen MR) is 105 cm³/mol. The maximum atomic E-state index is 3.68. The monoisotopic (exact) mass is 448 g/mol. The van der Waals surface area contributed by atoms with E-state index in [1.165, 1.54) is 73.4 Å². The van der Waals surface area contributed by atoms with E-state index < -0.39 is 0 Å². The van der Waals surface area contributed by atoms with Gasteiger partial charge in [-0.15, -0.1) is 22.7 Å². The summed E-state index contributed by atoms with van der Waals surface area (Å²) in [6.45, 7) is 4.53. The van der Waals surface area contributed by atoms with Gasteiger partial charge in [-0.3, -0.25) is 0 Å². The summed E-state index contributed by atoms with van der Waals surface area (Å²) >= 11 is 11.1. The molecule has 0 radical (unpaired) electrons. The number of unbranched alkanes of at least 4 members (excludes halogenated alkanes) is 3. The Bertz CT molecular complexity index is 569. The molecule has 0 aromatic carbocycles. The minimum atomic E-state index is 1.17. The van der Waals surface area contributed by atoms with E-state index in [-0.39, 0.29) is 0 Å². The molecular formula is C17H22Br2S2. The van der Waals surface area contributed by atoms with Crippen LogP contribution < -0.4 is 0 Å². The smallest absolute Gasteiger partial charge is 0.0708 e. The molecule has 21 heavy (non-hydrogen) atoms. The Balaban J connectivity index is 2.22. The lowest BCUT2D eigenvalue weighted by atomic mass is 10.0. The van der Waals surface area contributed by atoms with E-state index in [4.69, 9.17) is 0 Å². The summed E-state index contributed by atoms with van der Waals surface area (Å²) in [5.41, 5.74) is 3.02. The second-order valence-electron chi connectivity index (χ2n) is 5.37. The molecule has 0 aliphatic rings. The third kappa shape index (κ3) is 4.92. The molecule has 0 aliphatic carbocycles. The van der Waals surface area contributed by atoms with E-state index in [0.717, 1.165) is 0 Å². The number of rotatable bonds is 8. The third-order valence-corrected chi connectivity index (χ3v) is 7.11. The van der Waals surface area contributed by atoms with Crippen LogP contribution in [0.2, 0.25) is 0 Å². The highest BCUT2D eigenvalue weighted by Gasteiger charge is 2.16. The topological polar surface area (TPSA) is 0 Å². The lowest BCUT2D eigenvalue weighted by Crippen LogP contribution is -1.88. The quantitative estimate of drug-likeness (QED) is 0.357. The molecule has 0 bridgehead atoms. The molecule has 116 valence electrons. The zero-order chi connectivity index (χ0) is 15.2. The van der Waals surface area contributed by atoms with Gasteiger partial charge in [0.2, 0.25) is 0 Å². The number of halogens is 2. The summed E-state index contributed by atoms with van der Waals surface area (Å²) in [6, 6.07) is 4.63. The molecule has 4 heteroatoms. The molecule has 0 unspecified atom stereocenters. The van der Waals surface area contributed by atoms with E-state index >= 15 is 0 Å². The SMILES string of the molecule is CCCCCCc1cc(Br)sc1-c1sc(Br)cc1CCC. The fraction of sp³-hybridized carbons (Fsp3) is 0.529. The van der Waals surface area contributed by atoms with Crippen LogP contribution in [0.25, 0.3) is 9.75 Å². The Morgan fingerprint density at radius 1 is 0.762 bits per heavy atom. The van der Waals surface area contributed by atoms with Crippen molar-refractivity contribution in [2.45, 2.75) is 58.8 Å². The Kier molecular flexibility index (Phi) is 7.47. The second-order valence-corrected chi connectivity index (χ2v) is 10.2. The van der Waals surface area contributed by atoms with Crippen LogP contribution in [0.15, 0.2) is 19.7 Å². The van der Waals surface area contributed by atoms with Gasteiger partial charge in [-0.05, 0) is 74.4 Å². The number of thiophene rings is 2. The molecule has 0 aliphatic heterocycles. The first kappa shape index (κ1) is 17.7. The van der Waals surface area contributed by atoms with Gasteiger partial charge in [0, 0.05) is 9.75 Å². The van der Waals surface area contributed by atoms with E-state index in [1.807, 2.05) is 22.7 Å². The van der Waals surface area contributed by atoms with Crippen molar-refractivity contribution in [3.8, 4) is 9.75 Å². The molecule has 0 fully saturated rings. The minimum Gasteiger partial charge on any atom is -0.127 e. The zero-order valence-electron chi connectivity index (χ0n) is 12.7. The van der Waals surface area contributed by atoms with Gasteiger partial charge in [0.15, 0.2) is 0 Å². The van der Waals surface area contributed by atoms with Crippen molar-refractivity contribution in [3.63, 3.8) is 0 Å². The van der Waals surface area contributed by atoms with Gasteiger partial charge in [-0.25, -0.2) is 0 Å². The molecule has 0 amide bonds. The van der Waals surface area contributed by atoms with Crippen LogP contribution in [0.1, 0.15) is 57.1 Å². The van der Waals surface area contributed by atoms with Crippen molar-refractivity contribution in [3.05, 3.63) is 30.8 Å². The van der Waals surface area contributed by atoms with Gasteiger partial charge in [0.05, 0.1) is 7.57 Å². The summed E-state index contributed by atoms with van der Waals surface area (Å²) < 4.78 is 2.51. The van der Waals surface area contributed by atoms with Crippen LogP contribution in [0, 0.1) is 0 Å². The molecule has 0 saturated heterocycles. The Morgan fingerprint density at radius 2 is 1.33 bits per heavy atom. The molecular weight excluding hydrogens is 428 g/mol. The number of aryl methyl sites for hydroxylation is 2. The van der Waals surface area contributed by atoms with Crippen LogP contribution in [-0.4, -0.2) is 0 Å². The first-order valence-corrected chi connectivity index (χ1v) is 10.9. The summed E-state index contributed by atoms with van der Waals surface area (Å²) in [5.74, 6) is 0. The maximum absolute atomic E-state index is 3.68. The zero-order valence-corrected chi connectivity index (χ0v) is 17.5. The van der Waals surface area contributed by atoms with Crippen LogP contribution in [0.4, 0.5) is 0 Å². The number of hydrogen-bond donors (Lipinski definition) is 0. The fourth-order valence-corrected chi connectivity index (χ4v) is 6.16. The largest absolute Gasteiger partial charge is 0.127 e.